The molecule has 0 saturated carbocycles. The van der Waals surface area contributed by atoms with Crippen molar-refractivity contribution in [2.45, 2.75) is 5.41 Å². The van der Waals surface area contributed by atoms with Gasteiger partial charge in [0.1, 0.15) is 22.8 Å². The van der Waals surface area contributed by atoms with Crippen molar-refractivity contribution in [2.24, 2.45) is 0 Å². The molecule has 0 amide bonds. The molecule has 2 heterocycles. The SMILES string of the molecule is Fc1cc(-c2ccccc2)cc(-c2ccccc2)c1N(c1ccc2c3c(ccc2c1)-c1ccc2cc(N(c4c(F)cc(-c5ccccc5)cc4-c4ccccc4)c4cccc5c4oc4ccccc45)ccc2c1C3(c1ccccc1)c1ccccc1)c1cccc2c1oc1ccccc12. The van der Waals surface area contributed by atoms with E-state index in [0.29, 0.717) is 33.9 Å². The molecule has 0 atom stereocenters. The van der Waals surface area contributed by atoms with Crippen LogP contribution in [-0.4, -0.2) is 0 Å². The Hall–Kier alpha value is -12.9. The van der Waals surface area contributed by atoms with Crippen molar-refractivity contribution >= 4 is 99.5 Å². The second-order valence-corrected chi connectivity index (χ2v) is 25.6. The van der Waals surface area contributed by atoms with E-state index in [4.69, 9.17) is 8.83 Å². The van der Waals surface area contributed by atoms with E-state index >= 15 is 8.78 Å². The van der Waals surface area contributed by atoms with Crippen LogP contribution in [0.3, 0.4) is 0 Å². The highest BCUT2D eigenvalue weighted by atomic mass is 19.1. The van der Waals surface area contributed by atoms with Gasteiger partial charge in [-0.3, -0.25) is 0 Å². The molecular formula is C93H58F2N2O2. The summed E-state index contributed by atoms with van der Waals surface area (Å²) < 4.78 is 50.5. The third-order valence-corrected chi connectivity index (χ3v) is 20.2. The first kappa shape index (κ1) is 57.5. The van der Waals surface area contributed by atoms with Crippen molar-refractivity contribution < 1.29 is 17.6 Å². The minimum atomic E-state index is -0.895. The van der Waals surface area contributed by atoms with E-state index in [0.717, 1.165) is 144 Å². The second kappa shape index (κ2) is 23.2. The molecule has 4 nitrogen and oxygen atoms in total. The maximum Gasteiger partial charge on any atom is 0.159 e. The average Bonchev–Trinajstić information content (AvgIpc) is 1.53. The van der Waals surface area contributed by atoms with Gasteiger partial charge in [-0.05, 0) is 161 Å². The Balaban J connectivity index is 0.849. The summed E-state index contributed by atoms with van der Waals surface area (Å²) in [7, 11) is 0. The molecule has 0 fully saturated rings. The van der Waals surface area contributed by atoms with Crippen molar-refractivity contribution in [3.05, 3.63) is 386 Å². The lowest BCUT2D eigenvalue weighted by molar-refractivity contribution is 0.629. The van der Waals surface area contributed by atoms with E-state index in [-0.39, 0.29) is 11.6 Å². The molecule has 1 aliphatic carbocycles. The maximum atomic E-state index is 18.4. The van der Waals surface area contributed by atoms with E-state index < -0.39 is 5.41 Å². The summed E-state index contributed by atoms with van der Waals surface area (Å²) in [6, 6.07) is 120. The van der Waals surface area contributed by atoms with Crippen molar-refractivity contribution in [1.29, 1.82) is 0 Å². The quantitative estimate of drug-likeness (QED) is 0.122. The van der Waals surface area contributed by atoms with Gasteiger partial charge in [0, 0.05) is 44.0 Å². The average molecular weight is 1270 g/mol. The van der Waals surface area contributed by atoms with Crippen molar-refractivity contribution in [1.82, 2.24) is 0 Å². The molecule has 19 rings (SSSR count). The van der Waals surface area contributed by atoms with Gasteiger partial charge in [0.25, 0.3) is 0 Å². The number of para-hydroxylation sites is 4. The molecule has 0 N–H and O–H groups in total. The molecule has 0 saturated heterocycles. The first-order valence-electron chi connectivity index (χ1n) is 33.5. The van der Waals surface area contributed by atoms with Gasteiger partial charge in [-0.15, -0.1) is 0 Å². The molecule has 0 unspecified atom stereocenters. The number of anilines is 6. The minimum absolute atomic E-state index is 0.382. The lowest BCUT2D eigenvalue weighted by Gasteiger charge is -2.36. The van der Waals surface area contributed by atoms with Gasteiger partial charge < -0.3 is 18.6 Å². The van der Waals surface area contributed by atoms with Crippen LogP contribution >= 0.6 is 0 Å². The predicted octanol–water partition coefficient (Wildman–Crippen LogP) is 26.0. The Bertz CT molecular complexity index is 5810. The molecule has 0 aliphatic heterocycles. The molecule has 99 heavy (non-hydrogen) atoms. The molecular weight excluding hydrogens is 1220 g/mol. The van der Waals surface area contributed by atoms with Crippen LogP contribution < -0.4 is 9.80 Å². The fraction of sp³-hybridized carbons (Fsp3) is 0.0108. The first-order valence-corrected chi connectivity index (χ1v) is 33.5. The van der Waals surface area contributed by atoms with Crippen LogP contribution in [0.15, 0.2) is 361 Å². The number of fused-ring (bicyclic) bond motifs is 13. The largest absolute Gasteiger partial charge is 0.454 e. The first-order chi connectivity index (χ1) is 48.9. The number of rotatable bonds is 12. The maximum absolute atomic E-state index is 18.4. The molecule has 1 aliphatic rings. The molecule has 2 aromatic heterocycles. The lowest BCUT2D eigenvalue weighted by Crippen LogP contribution is -2.29. The van der Waals surface area contributed by atoms with Crippen LogP contribution in [-0.2, 0) is 5.41 Å². The van der Waals surface area contributed by atoms with E-state index in [2.05, 4.69) is 192 Å². The van der Waals surface area contributed by atoms with Crippen LogP contribution in [0.2, 0.25) is 0 Å². The Morgan fingerprint density at radius 1 is 0.253 bits per heavy atom. The summed E-state index contributed by atoms with van der Waals surface area (Å²) in [5.74, 6) is -0.764. The fourth-order valence-electron chi connectivity index (χ4n) is 15.9. The number of nitrogens with zero attached hydrogens (tertiary/aromatic N) is 2. The third kappa shape index (κ3) is 9.17. The highest BCUT2D eigenvalue weighted by molar-refractivity contribution is 6.14. The Labute approximate surface area is 570 Å². The van der Waals surface area contributed by atoms with Gasteiger partial charge in [0.2, 0.25) is 0 Å². The normalized spacial score (nSPS) is 12.4. The van der Waals surface area contributed by atoms with Crippen LogP contribution in [0.4, 0.5) is 42.9 Å². The van der Waals surface area contributed by atoms with E-state index in [1.165, 1.54) is 0 Å². The van der Waals surface area contributed by atoms with Gasteiger partial charge in [0.15, 0.2) is 11.2 Å². The van der Waals surface area contributed by atoms with Crippen molar-refractivity contribution in [2.75, 3.05) is 9.80 Å². The lowest BCUT2D eigenvalue weighted by atomic mass is 9.66. The molecule has 18 aromatic rings. The summed E-state index contributed by atoms with van der Waals surface area (Å²) in [4.78, 5) is 4.13. The van der Waals surface area contributed by atoms with Gasteiger partial charge in [-0.1, -0.05) is 279 Å². The van der Waals surface area contributed by atoms with E-state index in [1.807, 2.05) is 158 Å². The molecule has 0 spiro atoms. The molecule has 6 heteroatoms. The highest BCUT2D eigenvalue weighted by Gasteiger charge is 2.48. The van der Waals surface area contributed by atoms with Crippen LogP contribution in [0.5, 0.6) is 0 Å². The predicted molar refractivity (Wildman–Crippen MR) is 404 cm³/mol. The van der Waals surface area contributed by atoms with Crippen LogP contribution in [0, 0.1) is 11.6 Å². The topological polar surface area (TPSA) is 32.8 Å². The Kier molecular flexibility index (Phi) is 13.5. The standard InChI is InChI=1S/C93H58F2N2O2/c94-81-57-65(59-25-7-1-8-26-59)55-79(61-29-11-3-12-30-61)89(81)96(83-41-23-39-77-73-37-19-21-43-85(73)98-91(77)83)69-47-51-71-63(53-69)45-49-75-76-50-46-64-54-70(48-52-72(64)88(76)93(87(71)75,67-33-15-5-16-34-67)68-35-17-6-18-36-68)97(84-42-24-40-78-74-38-20-22-44-86(74)99-92(78)84)90-80(62-31-13-4-14-32-62)56-66(58-82(90)95)60-27-9-2-10-28-60/h1-58H. The molecule has 0 radical (unpaired) electrons. The summed E-state index contributed by atoms with van der Waals surface area (Å²) in [6.07, 6.45) is 0. The van der Waals surface area contributed by atoms with Crippen LogP contribution in [0.25, 0.3) is 121 Å². The molecule has 466 valence electrons. The van der Waals surface area contributed by atoms with Gasteiger partial charge >= 0.3 is 0 Å². The second-order valence-electron chi connectivity index (χ2n) is 25.6. The number of halogens is 2. The zero-order chi connectivity index (χ0) is 65.7. The van der Waals surface area contributed by atoms with Gasteiger partial charge in [-0.25, -0.2) is 8.78 Å². The monoisotopic (exact) mass is 1270 g/mol. The van der Waals surface area contributed by atoms with Crippen LogP contribution in [0.1, 0.15) is 22.3 Å². The smallest absolute Gasteiger partial charge is 0.159 e. The number of hydrogen-bond donors (Lipinski definition) is 0. The number of furan rings is 2. The minimum Gasteiger partial charge on any atom is -0.454 e. The van der Waals surface area contributed by atoms with E-state index in [9.17, 15) is 0 Å². The fourth-order valence-corrected chi connectivity index (χ4v) is 15.9. The Morgan fingerprint density at radius 2 is 0.606 bits per heavy atom. The summed E-state index contributed by atoms with van der Waals surface area (Å²) >= 11 is 0. The van der Waals surface area contributed by atoms with Gasteiger partial charge in [0.05, 0.1) is 28.2 Å². The summed E-state index contributed by atoms with van der Waals surface area (Å²) in [5.41, 5.74) is 18.8. The van der Waals surface area contributed by atoms with Crippen molar-refractivity contribution in [3.8, 4) is 55.6 Å². The highest BCUT2D eigenvalue weighted by Crippen LogP contribution is 2.61. The van der Waals surface area contributed by atoms with Gasteiger partial charge in [-0.2, -0.15) is 0 Å². The Morgan fingerprint density at radius 3 is 1.01 bits per heavy atom. The molecule has 16 aromatic carbocycles. The third-order valence-electron chi connectivity index (χ3n) is 20.2. The van der Waals surface area contributed by atoms with E-state index in [1.54, 1.807) is 12.1 Å². The molecule has 0 bridgehead atoms. The summed E-state index contributed by atoms with van der Waals surface area (Å²) in [6.45, 7) is 0. The zero-order valence-corrected chi connectivity index (χ0v) is 53.5. The van der Waals surface area contributed by atoms with Crippen molar-refractivity contribution in [3.63, 3.8) is 0 Å². The summed E-state index contributed by atoms with van der Waals surface area (Å²) in [5, 5.41) is 7.84. The number of benzene rings is 16. The number of hydrogen-bond acceptors (Lipinski definition) is 4. The zero-order valence-electron chi connectivity index (χ0n) is 53.5.